The Morgan fingerprint density at radius 3 is 2.75 bits per heavy atom. The Kier molecular flexibility index (Phi) is 6.94. The second kappa shape index (κ2) is 10.2. The molecule has 0 radical (unpaired) electrons. The van der Waals surface area contributed by atoms with Crippen molar-refractivity contribution in [3.8, 4) is 0 Å². The van der Waals surface area contributed by atoms with Crippen LogP contribution >= 0.6 is 0 Å². The molecule has 32 heavy (non-hydrogen) atoms. The molecule has 168 valence electrons. The van der Waals surface area contributed by atoms with Crippen LogP contribution in [0.15, 0.2) is 42.5 Å². The first-order valence-electron chi connectivity index (χ1n) is 11.2. The first-order chi connectivity index (χ1) is 15.7. The average Bonchev–Trinajstić information content (AvgIpc) is 3.42. The minimum absolute atomic E-state index is 0.0428. The standard InChI is InChI=1S/C23H29N7O2/c1-2-29(18-8-4-3-5-9-18)23(32)14-13-21-26-25-20-12-11-19(27-30(20)21)24-15-7-17-28-16-6-10-22(28)31/h3-5,8-9,11-12H,2,6-7,10,13-17H2,1H3,(H,24,27). The summed E-state index contributed by atoms with van der Waals surface area (Å²) in [7, 11) is 0. The first kappa shape index (κ1) is 21.7. The monoisotopic (exact) mass is 435 g/mol. The Morgan fingerprint density at radius 1 is 1.16 bits per heavy atom. The number of aryl methyl sites for hydroxylation is 1. The highest BCUT2D eigenvalue weighted by molar-refractivity contribution is 5.93. The number of carbonyl (C=O) groups excluding carboxylic acids is 2. The van der Waals surface area contributed by atoms with Crippen molar-refractivity contribution < 1.29 is 9.59 Å². The normalized spacial score (nSPS) is 13.7. The van der Waals surface area contributed by atoms with Crippen LogP contribution in [0.4, 0.5) is 11.5 Å². The van der Waals surface area contributed by atoms with Crippen molar-refractivity contribution in [3.63, 3.8) is 0 Å². The average molecular weight is 436 g/mol. The number of benzene rings is 1. The van der Waals surface area contributed by atoms with Crippen molar-refractivity contribution in [3.05, 3.63) is 48.3 Å². The number of aromatic nitrogens is 4. The number of anilines is 2. The fourth-order valence-corrected chi connectivity index (χ4v) is 3.97. The van der Waals surface area contributed by atoms with Crippen LogP contribution in [0.2, 0.25) is 0 Å². The Labute approximate surface area is 187 Å². The van der Waals surface area contributed by atoms with Gasteiger partial charge in [0.05, 0.1) is 0 Å². The van der Waals surface area contributed by atoms with Crippen LogP contribution in [0.3, 0.4) is 0 Å². The van der Waals surface area contributed by atoms with E-state index in [1.807, 2.05) is 54.3 Å². The summed E-state index contributed by atoms with van der Waals surface area (Å²) in [6, 6.07) is 13.4. The van der Waals surface area contributed by atoms with Crippen molar-refractivity contribution in [2.24, 2.45) is 0 Å². The third kappa shape index (κ3) is 5.04. The van der Waals surface area contributed by atoms with Gasteiger partial charge in [-0.2, -0.15) is 4.52 Å². The van der Waals surface area contributed by atoms with Gasteiger partial charge in [0.2, 0.25) is 11.8 Å². The van der Waals surface area contributed by atoms with Gasteiger partial charge in [0, 0.05) is 51.1 Å². The van der Waals surface area contributed by atoms with E-state index in [0.717, 1.165) is 44.0 Å². The van der Waals surface area contributed by atoms with Gasteiger partial charge < -0.3 is 15.1 Å². The van der Waals surface area contributed by atoms with Gasteiger partial charge in [-0.25, -0.2) is 0 Å². The van der Waals surface area contributed by atoms with Gasteiger partial charge in [-0.15, -0.1) is 15.3 Å². The quantitative estimate of drug-likeness (QED) is 0.492. The fraction of sp³-hybridized carbons (Fsp3) is 0.435. The van der Waals surface area contributed by atoms with Gasteiger partial charge in [0.15, 0.2) is 11.5 Å². The second-order valence-electron chi connectivity index (χ2n) is 7.84. The molecule has 2 amide bonds. The molecule has 1 saturated heterocycles. The molecular weight excluding hydrogens is 406 g/mol. The van der Waals surface area contributed by atoms with Gasteiger partial charge in [-0.3, -0.25) is 9.59 Å². The number of rotatable bonds is 10. The van der Waals surface area contributed by atoms with E-state index in [-0.39, 0.29) is 11.8 Å². The molecule has 2 aromatic heterocycles. The zero-order valence-electron chi connectivity index (χ0n) is 18.4. The molecule has 3 aromatic rings. The molecule has 1 fully saturated rings. The molecule has 1 aliphatic rings. The number of hydrogen-bond donors (Lipinski definition) is 1. The van der Waals surface area contributed by atoms with Gasteiger partial charge in [-0.1, -0.05) is 18.2 Å². The molecule has 9 nitrogen and oxygen atoms in total. The zero-order chi connectivity index (χ0) is 22.3. The Balaban J connectivity index is 1.34. The largest absolute Gasteiger partial charge is 0.369 e. The van der Waals surface area contributed by atoms with Crippen LogP contribution in [0.25, 0.3) is 5.65 Å². The Bertz CT molecular complexity index is 1070. The van der Waals surface area contributed by atoms with Crippen molar-refractivity contribution in [1.29, 1.82) is 0 Å². The molecule has 4 rings (SSSR count). The van der Waals surface area contributed by atoms with Crippen molar-refractivity contribution in [1.82, 2.24) is 24.7 Å². The molecular formula is C23H29N7O2. The third-order valence-electron chi connectivity index (χ3n) is 5.66. The van der Waals surface area contributed by atoms with Gasteiger partial charge in [0.1, 0.15) is 5.82 Å². The van der Waals surface area contributed by atoms with Gasteiger partial charge in [0.25, 0.3) is 0 Å². The zero-order valence-corrected chi connectivity index (χ0v) is 18.4. The maximum atomic E-state index is 12.8. The summed E-state index contributed by atoms with van der Waals surface area (Å²) in [6.45, 7) is 4.94. The minimum atomic E-state index is 0.0428. The molecule has 1 aromatic carbocycles. The highest BCUT2D eigenvalue weighted by atomic mass is 16.2. The molecule has 0 atom stereocenters. The molecule has 0 spiro atoms. The summed E-state index contributed by atoms with van der Waals surface area (Å²) in [5.74, 6) is 1.67. The summed E-state index contributed by atoms with van der Waals surface area (Å²) in [5, 5.41) is 16.3. The maximum absolute atomic E-state index is 12.8. The van der Waals surface area contributed by atoms with Crippen molar-refractivity contribution in [2.45, 2.75) is 39.0 Å². The highest BCUT2D eigenvalue weighted by Crippen LogP contribution is 2.16. The predicted octanol–water partition coefficient (Wildman–Crippen LogP) is 2.53. The molecule has 1 aliphatic heterocycles. The number of amides is 2. The molecule has 0 saturated carbocycles. The number of hydrogen-bond acceptors (Lipinski definition) is 6. The van der Waals surface area contributed by atoms with Crippen LogP contribution in [0, 0.1) is 0 Å². The van der Waals surface area contributed by atoms with Crippen LogP contribution in [-0.4, -0.2) is 62.7 Å². The Morgan fingerprint density at radius 2 is 2.00 bits per heavy atom. The van der Waals surface area contributed by atoms with Crippen LogP contribution in [0.1, 0.15) is 38.4 Å². The van der Waals surface area contributed by atoms with Crippen molar-refractivity contribution >= 4 is 29.0 Å². The summed E-state index contributed by atoms with van der Waals surface area (Å²) in [4.78, 5) is 28.2. The number of nitrogens with one attached hydrogen (secondary N) is 1. The number of para-hydroxylation sites is 1. The molecule has 3 heterocycles. The fourth-order valence-electron chi connectivity index (χ4n) is 3.97. The van der Waals surface area contributed by atoms with Crippen LogP contribution < -0.4 is 10.2 Å². The minimum Gasteiger partial charge on any atom is -0.369 e. The van der Waals surface area contributed by atoms with E-state index in [0.29, 0.717) is 37.3 Å². The number of nitrogens with zero attached hydrogens (tertiary/aromatic N) is 6. The third-order valence-corrected chi connectivity index (χ3v) is 5.66. The van der Waals surface area contributed by atoms with Crippen molar-refractivity contribution in [2.75, 3.05) is 36.4 Å². The molecule has 1 N–H and O–H groups in total. The maximum Gasteiger partial charge on any atom is 0.227 e. The van der Waals surface area contributed by atoms with E-state index in [2.05, 4.69) is 20.6 Å². The second-order valence-corrected chi connectivity index (χ2v) is 7.84. The van der Waals surface area contributed by atoms with Gasteiger partial charge >= 0.3 is 0 Å². The van der Waals surface area contributed by atoms with E-state index in [1.54, 1.807) is 9.42 Å². The molecule has 9 heteroatoms. The van der Waals surface area contributed by atoms with E-state index in [1.165, 1.54) is 0 Å². The summed E-state index contributed by atoms with van der Waals surface area (Å²) in [5.41, 5.74) is 1.54. The van der Waals surface area contributed by atoms with E-state index >= 15 is 0 Å². The first-order valence-corrected chi connectivity index (χ1v) is 11.2. The number of fused-ring (bicyclic) bond motifs is 1. The van der Waals surface area contributed by atoms with E-state index in [4.69, 9.17) is 0 Å². The number of likely N-dealkylation sites (tertiary alicyclic amines) is 1. The van der Waals surface area contributed by atoms with Crippen LogP contribution in [-0.2, 0) is 16.0 Å². The summed E-state index contributed by atoms with van der Waals surface area (Å²) >= 11 is 0. The lowest BCUT2D eigenvalue weighted by atomic mass is 10.2. The lowest BCUT2D eigenvalue weighted by Gasteiger charge is -2.20. The summed E-state index contributed by atoms with van der Waals surface area (Å²) in [6.07, 6.45) is 3.28. The molecule has 0 aliphatic carbocycles. The highest BCUT2D eigenvalue weighted by Gasteiger charge is 2.19. The van der Waals surface area contributed by atoms with E-state index in [9.17, 15) is 9.59 Å². The molecule has 0 unspecified atom stereocenters. The topological polar surface area (TPSA) is 95.7 Å². The summed E-state index contributed by atoms with van der Waals surface area (Å²) < 4.78 is 1.69. The molecule has 0 bridgehead atoms. The predicted molar refractivity (Wildman–Crippen MR) is 122 cm³/mol. The van der Waals surface area contributed by atoms with E-state index < -0.39 is 0 Å². The van der Waals surface area contributed by atoms with Crippen LogP contribution in [0.5, 0.6) is 0 Å². The lowest BCUT2D eigenvalue weighted by Crippen LogP contribution is -2.30. The lowest BCUT2D eigenvalue weighted by molar-refractivity contribution is -0.127. The smallest absolute Gasteiger partial charge is 0.227 e. The Hall–Kier alpha value is -3.49. The number of carbonyl (C=O) groups is 2. The van der Waals surface area contributed by atoms with Gasteiger partial charge in [-0.05, 0) is 44.0 Å². The SMILES string of the molecule is CCN(C(=O)CCc1nnc2ccc(NCCCN3CCCC3=O)nn12)c1ccccc1.